The van der Waals surface area contributed by atoms with Gasteiger partial charge in [-0.2, -0.15) is 5.26 Å². The monoisotopic (exact) mass is 444 g/mol. The topological polar surface area (TPSA) is 138 Å². The summed E-state index contributed by atoms with van der Waals surface area (Å²) < 4.78 is 15.5. The van der Waals surface area contributed by atoms with Crippen molar-refractivity contribution < 1.29 is 23.6 Å². The van der Waals surface area contributed by atoms with Crippen molar-refractivity contribution in [1.29, 1.82) is 5.26 Å². The predicted octanol–water partition coefficient (Wildman–Crippen LogP) is 1.35. The quantitative estimate of drug-likeness (QED) is 0.602. The maximum absolute atomic E-state index is 14.3. The summed E-state index contributed by atoms with van der Waals surface area (Å²) in [5.41, 5.74) is 1.27. The summed E-state index contributed by atoms with van der Waals surface area (Å²) in [4.78, 5) is 50.2. The van der Waals surface area contributed by atoms with Gasteiger partial charge in [0.25, 0.3) is 11.8 Å². The van der Waals surface area contributed by atoms with E-state index in [1.165, 1.54) is 35.1 Å². The second-order valence-corrected chi connectivity index (χ2v) is 7.53. The first-order valence-electron chi connectivity index (χ1n) is 9.86. The average Bonchev–Trinajstić information content (AvgIpc) is 3.38. The SMILES string of the molecule is N#Cc1ccc(-n2cc(-c3ccc4c(c3)C(=O)N(C3CCC(=O)NC3=O)C4=O)nn2)c(F)c1. The minimum absolute atomic E-state index is 0.0318. The minimum Gasteiger partial charge on any atom is -0.295 e. The Balaban J connectivity index is 1.46. The molecule has 0 bridgehead atoms. The Morgan fingerprint density at radius 1 is 1.06 bits per heavy atom. The van der Waals surface area contributed by atoms with Crippen LogP contribution in [0.3, 0.4) is 0 Å². The third-order valence-electron chi connectivity index (χ3n) is 5.55. The summed E-state index contributed by atoms with van der Waals surface area (Å²) in [6.07, 6.45) is 1.54. The van der Waals surface area contributed by atoms with Gasteiger partial charge in [0, 0.05) is 12.0 Å². The molecule has 2 aliphatic rings. The molecular weight excluding hydrogens is 431 g/mol. The van der Waals surface area contributed by atoms with Crippen LogP contribution in [0.1, 0.15) is 39.1 Å². The van der Waals surface area contributed by atoms with Gasteiger partial charge in [-0.1, -0.05) is 11.3 Å². The van der Waals surface area contributed by atoms with Crippen LogP contribution in [0.2, 0.25) is 0 Å². The molecule has 1 atom stereocenters. The number of nitrogens with zero attached hydrogens (tertiary/aromatic N) is 5. The van der Waals surface area contributed by atoms with Crippen molar-refractivity contribution >= 4 is 23.6 Å². The van der Waals surface area contributed by atoms with Crippen molar-refractivity contribution in [2.24, 2.45) is 0 Å². The molecule has 3 aromatic rings. The van der Waals surface area contributed by atoms with E-state index in [4.69, 9.17) is 5.26 Å². The molecule has 1 fully saturated rings. The first-order valence-corrected chi connectivity index (χ1v) is 9.86. The van der Waals surface area contributed by atoms with Gasteiger partial charge in [-0.05, 0) is 36.8 Å². The summed E-state index contributed by atoms with van der Waals surface area (Å²) in [6.45, 7) is 0. The lowest BCUT2D eigenvalue weighted by molar-refractivity contribution is -0.136. The van der Waals surface area contributed by atoms with E-state index in [1.54, 1.807) is 6.07 Å². The molecule has 10 nitrogen and oxygen atoms in total. The fourth-order valence-corrected chi connectivity index (χ4v) is 3.91. The zero-order valence-corrected chi connectivity index (χ0v) is 16.8. The number of hydrogen-bond donors (Lipinski definition) is 1. The zero-order valence-electron chi connectivity index (χ0n) is 16.8. The Morgan fingerprint density at radius 2 is 1.85 bits per heavy atom. The molecule has 0 spiro atoms. The number of nitriles is 1. The molecule has 0 radical (unpaired) electrons. The molecule has 4 amide bonds. The first kappa shape index (κ1) is 20.2. The van der Waals surface area contributed by atoms with Crippen LogP contribution in [-0.2, 0) is 9.59 Å². The highest BCUT2D eigenvalue weighted by Crippen LogP contribution is 2.31. The summed E-state index contributed by atoms with van der Waals surface area (Å²) >= 11 is 0. The van der Waals surface area contributed by atoms with Crippen LogP contribution in [0.25, 0.3) is 16.9 Å². The van der Waals surface area contributed by atoms with Crippen molar-refractivity contribution in [2.75, 3.05) is 0 Å². The Hall–Kier alpha value is -4.72. The Bertz CT molecular complexity index is 1420. The van der Waals surface area contributed by atoms with Crippen LogP contribution in [-0.4, -0.2) is 49.6 Å². The van der Waals surface area contributed by atoms with E-state index in [1.807, 2.05) is 6.07 Å². The van der Waals surface area contributed by atoms with E-state index >= 15 is 0 Å². The van der Waals surface area contributed by atoms with Crippen LogP contribution >= 0.6 is 0 Å². The van der Waals surface area contributed by atoms with Gasteiger partial charge in [0.2, 0.25) is 11.8 Å². The van der Waals surface area contributed by atoms with Crippen molar-refractivity contribution in [3.63, 3.8) is 0 Å². The second-order valence-electron chi connectivity index (χ2n) is 7.53. The largest absolute Gasteiger partial charge is 0.295 e. The molecule has 1 aromatic heterocycles. The fraction of sp³-hybridized carbons (Fsp3) is 0.136. The highest BCUT2D eigenvalue weighted by Gasteiger charge is 2.44. The number of hydrogen-bond acceptors (Lipinski definition) is 7. The molecule has 2 aliphatic heterocycles. The number of amides is 4. The van der Waals surface area contributed by atoms with E-state index in [0.717, 1.165) is 11.0 Å². The van der Waals surface area contributed by atoms with E-state index in [0.29, 0.717) is 11.3 Å². The molecule has 5 rings (SSSR count). The molecule has 1 saturated heterocycles. The number of carbonyl (C=O) groups excluding carboxylic acids is 4. The van der Waals surface area contributed by atoms with Crippen LogP contribution < -0.4 is 5.32 Å². The number of imide groups is 2. The smallest absolute Gasteiger partial charge is 0.262 e. The minimum atomic E-state index is -1.06. The van der Waals surface area contributed by atoms with Gasteiger partial charge < -0.3 is 0 Å². The maximum atomic E-state index is 14.3. The highest BCUT2D eigenvalue weighted by atomic mass is 19.1. The second kappa shape index (κ2) is 7.45. The molecule has 1 N–H and O–H groups in total. The van der Waals surface area contributed by atoms with E-state index in [9.17, 15) is 23.6 Å². The van der Waals surface area contributed by atoms with Gasteiger partial charge in [-0.15, -0.1) is 5.10 Å². The molecule has 11 heteroatoms. The van der Waals surface area contributed by atoms with Gasteiger partial charge in [0.15, 0.2) is 0 Å². The van der Waals surface area contributed by atoms with Crippen molar-refractivity contribution in [3.8, 4) is 23.0 Å². The highest BCUT2D eigenvalue weighted by molar-refractivity contribution is 6.23. The summed E-state index contributed by atoms with van der Waals surface area (Å²) in [7, 11) is 0. The van der Waals surface area contributed by atoms with E-state index in [2.05, 4.69) is 15.6 Å². The fourth-order valence-electron chi connectivity index (χ4n) is 3.91. The number of rotatable bonds is 3. The maximum Gasteiger partial charge on any atom is 0.262 e. The summed E-state index contributed by atoms with van der Waals surface area (Å²) in [6, 6.07) is 9.21. The van der Waals surface area contributed by atoms with E-state index < -0.39 is 35.5 Å². The Labute approximate surface area is 185 Å². The number of aromatic nitrogens is 3. The Morgan fingerprint density at radius 3 is 2.58 bits per heavy atom. The lowest BCUT2D eigenvalue weighted by atomic mass is 10.0. The number of halogens is 1. The molecule has 2 aromatic carbocycles. The van der Waals surface area contributed by atoms with Gasteiger partial charge >= 0.3 is 0 Å². The van der Waals surface area contributed by atoms with E-state index in [-0.39, 0.29) is 35.2 Å². The summed E-state index contributed by atoms with van der Waals surface area (Å²) in [5.74, 6) is -3.04. The molecular formula is C22H13FN6O4. The average molecular weight is 444 g/mol. The van der Waals surface area contributed by atoms with Crippen LogP contribution in [0.4, 0.5) is 4.39 Å². The number of piperidine rings is 1. The lowest BCUT2D eigenvalue weighted by Crippen LogP contribution is -2.54. The van der Waals surface area contributed by atoms with Gasteiger partial charge in [0.05, 0.1) is 29.0 Å². The molecule has 0 aliphatic carbocycles. The lowest BCUT2D eigenvalue weighted by Gasteiger charge is -2.27. The molecule has 162 valence electrons. The zero-order chi connectivity index (χ0) is 23.3. The number of nitrogens with one attached hydrogen (secondary N) is 1. The molecule has 33 heavy (non-hydrogen) atoms. The molecule has 0 saturated carbocycles. The van der Waals surface area contributed by atoms with Gasteiger partial charge in [-0.3, -0.25) is 29.4 Å². The van der Waals surface area contributed by atoms with Crippen molar-refractivity contribution in [2.45, 2.75) is 18.9 Å². The van der Waals surface area contributed by atoms with Crippen LogP contribution in [0.5, 0.6) is 0 Å². The predicted molar refractivity (Wildman–Crippen MR) is 108 cm³/mol. The third-order valence-corrected chi connectivity index (χ3v) is 5.55. The van der Waals surface area contributed by atoms with Crippen molar-refractivity contribution in [3.05, 3.63) is 65.1 Å². The normalized spacial score (nSPS) is 17.7. The number of fused-ring (bicyclic) bond motifs is 1. The molecule has 1 unspecified atom stereocenters. The van der Waals surface area contributed by atoms with Crippen LogP contribution in [0, 0.1) is 17.1 Å². The third kappa shape index (κ3) is 3.25. The Kier molecular flexibility index (Phi) is 4.56. The van der Waals surface area contributed by atoms with Gasteiger partial charge in [0.1, 0.15) is 23.2 Å². The van der Waals surface area contributed by atoms with Crippen molar-refractivity contribution in [1.82, 2.24) is 25.2 Å². The van der Waals surface area contributed by atoms with Gasteiger partial charge in [-0.25, -0.2) is 9.07 Å². The number of carbonyl (C=O) groups is 4. The summed E-state index contributed by atoms with van der Waals surface area (Å²) in [5, 5.41) is 18.9. The first-order chi connectivity index (χ1) is 15.9. The standard InChI is InChI=1S/C22H13FN6O4/c23-15-7-11(9-24)1-4-17(15)28-10-16(26-27-28)12-2-3-13-14(8-12)22(33)29(21(13)32)18-5-6-19(30)25-20(18)31/h1-4,7-8,10,18H,5-6H2,(H,25,30,31). The van der Waals surface area contributed by atoms with Crippen LogP contribution in [0.15, 0.2) is 42.6 Å². The number of benzene rings is 2. The molecule has 3 heterocycles.